The SMILES string of the molecule is O=C(CC1CNCCO1)c1cnccc1C(F)(F)F. The molecule has 1 aliphatic rings. The van der Waals surface area contributed by atoms with Gasteiger partial charge in [-0.25, -0.2) is 0 Å². The first kappa shape index (κ1) is 14.0. The van der Waals surface area contributed by atoms with Crippen LogP contribution < -0.4 is 5.32 Å². The van der Waals surface area contributed by atoms with E-state index < -0.39 is 23.1 Å². The van der Waals surface area contributed by atoms with Gasteiger partial charge in [-0.3, -0.25) is 9.78 Å². The predicted octanol–water partition coefficient (Wildman–Crippen LogP) is 1.66. The molecule has 1 saturated heterocycles. The zero-order chi connectivity index (χ0) is 13.9. The highest BCUT2D eigenvalue weighted by molar-refractivity contribution is 5.97. The monoisotopic (exact) mass is 274 g/mol. The van der Waals surface area contributed by atoms with E-state index in [1.165, 1.54) is 0 Å². The number of nitrogens with one attached hydrogen (secondary N) is 1. The molecule has 0 bridgehead atoms. The number of hydrogen-bond donors (Lipinski definition) is 1. The number of halogens is 3. The molecule has 4 nitrogen and oxygen atoms in total. The third-order valence-corrected chi connectivity index (χ3v) is 2.84. The van der Waals surface area contributed by atoms with Crippen molar-refractivity contribution in [1.82, 2.24) is 10.3 Å². The number of morpholine rings is 1. The smallest absolute Gasteiger partial charge is 0.375 e. The minimum Gasteiger partial charge on any atom is -0.375 e. The Balaban J connectivity index is 2.14. The maximum atomic E-state index is 12.8. The number of alkyl halides is 3. The average molecular weight is 274 g/mol. The maximum Gasteiger partial charge on any atom is 0.417 e. The van der Waals surface area contributed by atoms with Crippen LogP contribution in [0.15, 0.2) is 18.5 Å². The zero-order valence-electron chi connectivity index (χ0n) is 10.0. The lowest BCUT2D eigenvalue weighted by Gasteiger charge is -2.23. The van der Waals surface area contributed by atoms with Crippen molar-refractivity contribution < 1.29 is 22.7 Å². The van der Waals surface area contributed by atoms with Crippen molar-refractivity contribution in [2.75, 3.05) is 19.7 Å². The maximum absolute atomic E-state index is 12.8. The fourth-order valence-electron chi connectivity index (χ4n) is 1.93. The number of Topliss-reactive ketones (excluding diaryl/α,β-unsaturated/α-hetero) is 1. The second-order valence-corrected chi connectivity index (χ2v) is 4.24. The van der Waals surface area contributed by atoms with Crippen LogP contribution in [0.25, 0.3) is 0 Å². The van der Waals surface area contributed by atoms with Crippen molar-refractivity contribution >= 4 is 5.78 Å². The van der Waals surface area contributed by atoms with Crippen molar-refractivity contribution in [3.8, 4) is 0 Å². The first-order valence-corrected chi connectivity index (χ1v) is 5.85. The fraction of sp³-hybridized carbons (Fsp3) is 0.500. The Morgan fingerprint density at radius 3 is 2.95 bits per heavy atom. The largest absolute Gasteiger partial charge is 0.417 e. The van der Waals surface area contributed by atoms with E-state index in [-0.39, 0.29) is 12.5 Å². The highest BCUT2D eigenvalue weighted by atomic mass is 19.4. The molecule has 0 amide bonds. The normalized spacial score (nSPS) is 20.3. The molecule has 1 aromatic heterocycles. The van der Waals surface area contributed by atoms with Crippen LogP contribution in [0.5, 0.6) is 0 Å². The first-order valence-electron chi connectivity index (χ1n) is 5.85. The molecule has 2 heterocycles. The summed E-state index contributed by atoms with van der Waals surface area (Å²) in [5.41, 5.74) is -1.35. The summed E-state index contributed by atoms with van der Waals surface area (Å²) in [6.07, 6.45) is -3.04. The number of aromatic nitrogens is 1. The van der Waals surface area contributed by atoms with E-state index in [9.17, 15) is 18.0 Å². The van der Waals surface area contributed by atoms with Crippen molar-refractivity contribution in [1.29, 1.82) is 0 Å². The number of carbonyl (C=O) groups is 1. The number of pyridine rings is 1. The van der Waals surface area contributed by atoms with E-state index >= 15 is 0 Å². The summed E-state index contributed by atoms with van der Waals surface area (Å²) in [6, 6.07) is 0.813. The average Bonchev–Trinajstić information content (AvgIpc) is 2.39. The van der Waals surface area contributed by atoms with Crippen LogP contribution in [0.4, 0.5) is 13.2 Å². The second-order valence-electron chi connectivity index (χ2n) is 4.24. The topological polar surface area (TPSA) is 51.2 Å². The van der Waals surface area contributed by atoms with E-state index in [1.54, 1.807) is 0 Å². The summed E-state index contributed by atoms with van der Waals surface area (Å²) in [5, 5.41) is 3.02. The van der Waals surface area contributed by atoms with E-state index in [0.717, 1.165) is 18.5 Å². The van der Waals surface area contributed by atoms with Gasteiger partial charge in [-0.15, -0.1) is 0 Å². The Bertz CT molecular complexity index is 457. The molecular formula is C12H13F3N2O2. The van der Waals surface area contributed by atoms with Gasteiger partial charge in [-0.1, -0.05) is 0 Å². The third-order valence-electron chi connectivity index (χ3n) is 2.84. The van der Waals surface area contributed by atoms with Crippen LogP contribution in [-0.2, 0) is 10.9 Å². The van der Waals surface area contributed by atoms with Gasteiger partial charge in [0, 0.05) is 37.5 Å². The quantitative estimate of drug-likeness (QED) is 0.852. The van der Waals surface area contributed by atoms with Gasteiger partial charge in [0.2, 0.25) is 0 Å². The molecular weight excluding hydrogens is 261 g/mol. The van der Waals surface area contributed by atoms with Gasteiger partial charge >= 0.3 is 6.18 Å². The molecule has 1 fully saturated rings. The summed E-state index contributed by atoms with van der Waals surface area (Å²) < 4.78 is 43.6. The fourth-order valence-corrected chi connectivity index (χ4v) is 1.93. The van der Waals surface area contributed by atoms with Gasteiger partial charge in [0.05, 0.1) is 18.3 Å². The molecule has 0 aromatic carbocycles. The molecule has 2 rings (SSSR count). The molecule has 7 heteroatoms. The number of carbonyl (C=O) groups excluding carboxylic acids is 1. The lowest BCUT2D eigenvalue weighted by molar-refractivity contribution is -0.138. The number of hydrogen-bond acceptors (Lipinski definition) is 4. The van der Waals surface area contributed by atoms with Crippen LogP contribution >= 0.6 is 0 Å². The van der Waals surface area contributed by atoms with E-state index in [4.69, 9.17) is 4.74 Å². The standard InChI is InChI=1S/C12H13F3N2O2/c13-12(14,15)10-1-2-16-7-9(10)11(18)5-8-6-17-3-4-19-8/h1-2,7-8,17H,3-6H2. The Kier molecular flexibility index (Phi) is 4.16. The summed E-state index contributed by atoms with van der Waals surface area (Å²) in [7, 11) is 0. The van der Waals surface area contributed by atoms with Crippen LogP contribution in [0, 0.1) is 0 Å². The predicted molar refractivity (Wildman–Crippen MR) is 60.8 cm³/mol. The molecule has 104 valence electrons. The van der Waals surface area contributed by atoms with E-state index in [1.807, 2.05) is 0 Å². The van der Waals surface area contributed by atoms with Gasteiger partial charge in [0.1, 0.15) is 0 Å². The van der Waals surface area contributed by atoms with Crippen LogP contribution in [0.3, 0.4) is 0 Å². The minimum absolute atomic E-state index is 0.0816. The summed E-state index contributed by atoms with van der Waals surface area (Å²) in [4.78, 5) is 15.5. The molecule has 1 N–H and O–H groups in total. The number of ketones is 1. The summed E-state index contributed by atoms with van der Waals surface area (Å²) >= 11 is 0. The van der Waals surface area contributed by atoms with E-state index in [0.29, 0.717) is 19.7 Å². The van der Waals surface area contributed by atoms with Crippen molar-refractivity contribution in [3.05, 3.63) is 29.6 Å². The minimum atomic E-state index is -4.56. The molecule has 0 spiro atoms. The van der Waals surface area contributed by atoms with Gasteiger partial charge in [-0.05, 0) is 6.07 Å². The third kappa shape index (κ3) is 3.51. The summed E-state index contributed by atoms with van der Waals surface area (Å²) in [6.45, 7) is 1.61. The van der Waals surface area contributed by atoms with Crippen molar-refractivity contribution in [2.24, 2.45) is 0 Å². The Morgan fingerprint density at radius 2 is 2.32 bits per heavy atom. The lowest BCUT2D eigenvalue weighted by atomic mass is 10.0. The van der Waals surface area contributed by atoms with Crippen LogP contribution in [0.2, 0.25) is 0 Å². The highest BCUT2D eigenvalue weighted by Gasteiger charge is 2.35. The Labute approximate surface area is 108 Å². The van der Waals surface area contributed by atoms with Crippen molar-refractivity contribution in [3.63, 3.8) is 0 Å². The molecule has 19 heavy (non-hydrogen) atoms. The molecule has 0 radical (unpaired) electrons. The Hall–Kier alpha value is -1.47. The number of ether oxygens (including phenoxy) is 1. The molecule has 0 aliphatic carbocycles. The first-order chi connectivity index (χ1) is 8.98. The Morgan fingerprint density at radius 1 is 1.53 bits per heavy atom. The molecule has 1 aliphatic heterocycles. The molecule has 1 unspecified atom stereocenters. The summed E-state index contributed by atoms with van der Waals surface area (Å²) in [5.74, 6) is -0.603. The van der Waals surface area contributed by atoms with Gasteiger partial charge in [0.15, 0.2) is 5.78 Å². The van der Waals surface area contributed by atoms with Gasteiger partial charge in [0.25, 0.3) is 0 Å². The number of nitrogens with zero attached hydrogens (tertiary/aromatic N) is 1. The van der Waals surface area contributed by atoms with E-state index in [2.05, 4.69) is 10.3 Å². The highest BCUT2D eigenvalue weighted by Crippen LogP contribution is 2.32. The molecule has 1 aromatic rings. The van der Waals surface area contributed by atoms with Crippen molar-refractivity contribution in [2.45, 2.75) is 18.7 Å². The lowest BCUT2D eigenvalue weighted by Crippen LogP contribution is -2.39. The van der Waals surface area contributed by atoms with Crippen LogP contribution in [0.1, 0.15) is 22.3 Å². The molecule has 0 saturated carbocycles. The second kappa shape index (κ2) is 5.66. The van der Waals surface area contributed by atoms with Gasteiger partial charge in [-0.2, -0.15) is 13.2 Å². The number of rotatable bonds is 3. The zero-order valence-corrected chi connectivity index (χ0v) is 10.0. The molecule has 1 atom stereocenters. The van der Waals surface area contributed by atoms with Gasteiger partial charge < -0.3 is 10.1 Å². The van der Waals surface area contributed by atoms with Crippen LogP contribution in [-0.4, -0.2) is 36.6 Å².